The summed E-state index contributed by atoms with van der Waals surface area (Å²) in [7, 11) is 0. The molecule has 0 spiro atoms. The number of benzene rings is 1. The molecule has 19 heavy (non-hydrogen) atoms. The molecule has 0 fully saturated rings. The molecule has 0 saturated heterocycles. The second-order valence-corrected chi connectivity index (χ2v) is 4.35. The highest BCUT2D eigenvalue weighted by Gasteiger charge is 2.11. The van der Waals surface area contributed by atoms with Crippen LogP contribution in [0, 0.1) is 0 Å². The SMILES string of the molecule is O=c1[nH]c2cccc(Cl)c2c(=O)n1-c1ccncc1. The summed E-state index contributed by atoms with van der Waals surface area (Å²) in [6, 6.07) is 8.09. The van der Waals surface area contributed by atoms with Crippen LogP contribution in [0.4, 0.5) is 0 Å². The Balaban J connectivity index is 2.49. The van der Waals surface area contributed by atoms with Gasteiger partial charge in [0.2, 0.25) is 0 Å². The fraction of sp³-hybridized carbons (Fsp3) is 0. The molecule has 1 N–H and O–H groups in total. The second-order valence-electron chi connectivity index (χ2n) is 3.94. The van der Waals surface area contributed by atoms with Crippen LogP contribution in [-0.2, 0) is 0 Å². The molecule has 1 aromatic carbocycles. The Labute approximate surface area is 112 Å². The van der Waals surface area contributed by atoms with Crippen LogP contribution in [0.5, 0.6) is 0 Å². The van der Waals surface area contributed by atoms with Crippen molar-refractivity contribution in [3.8, 4) is 5.69 Å². The first kappa shape index (κ1) is 11.7. The van der Waals surface area contributed by atoms with Gasteiger partial charge in [-0.1, -0.05) is 17.7 Å². The molecular weight excluding hydrogens is 266 g/mol. The minimum atomic E-state index is -0.508. The number of hydrogen-bond acceptors (Lipinski definition) is 3. The zero-order valence-electron chi connectivity index (χ0n) is 9.63. The Hall–Kier alpha value is -2.40. The van der Waals surface area contributed by atoms with Gasteiger partial charge >= 0.3 is 5.69 Å². The van der Waals surface area contributed by atoms with Gasteiger partial charge in [-0.15, -0.1) is 0 Å². The number of hydrogen-bond donors (Lipinski definition) is 1. The van der Waals surface area contributed by atoms with E-state index in [0.29, 0.717) is 21.6 Å². The van der Waals surface area contributed by atoms with Crippen molar-refractivity contribution in [1.29, 1.82) is 0 Å². The first-order valence-corrected chi connectivity index (χ1v) is 5.90. The third-order valence-corrected chi connectivity index (χ3v) is 3.11. The van der Waals surface area contributed by atoms with Gasteiger partial charge in [-0.25, -0.2) is 9.36 Å². The molecule has 94 valence electrons. The van der Waals surface area contributed by atoms with E-state index in [2.05, 4.69) is 9.97 Å². The van der Waals surface area contributed by atoms with E-state index >= 15 is 0 Å². The fourth-order valence-electron chi connectivity index (χ4n) is 1.95. The highest BCUT2D eigenvalue weighted by Crippen LogP contribution is 2.17. The summed E-state index contributed by atoms with van der Waals surface area (Å²) in [5.41, 5.74) is -0.0857. The van der Waals surface area contributed by atoms with Crippen molar-refractivity contribution in [1.82, 2.24) is 14.5 Å². The number of nitrogens with one attached hydrogen (secondary N) is 1. The zero-order valence-corrected chi connectivity index (χ0v) is 10.4. The van der Waals surface area contributed by atoms with Gasteiger partial charge < -0.3 is 4.98 Å². The zero-order chi connectivity index (χ0) is 13.4. The van der Waals surface area contributed by atoms with E-state index < -0.39 is 11.2 Å². The van der Waals surface area contributed by atoms with Crippen molar-refractivity contribution in [2.24, 2.45) is 0 Å². The lowest BCUT2D eigenvalue weighted by atomic mass is 10.2. The van der Waals surface area contributed by atoms with E-state index in [1.807, 2.05) is 0 Å². The number of fused-ring (bicyclic) bond motifs is 1. The lowest BCUT2D eigenvalue weighted by Crippen LogP contribution is -2.33. The van der Waals surface area contributed by atoms with Crippen LogP contribution < -0.4 is 11.2 Å². The number of aromatic amines is 1. The Kier molecular flexibility index (Phi) is 2.68. The largest absolute Gasteiger partial charge is 0.333 e. The lowest BCUT2D eigenvalue weighted by molar-refractivity contribution is 0.898. The number of aromatic nitrogens is 3. The molecule has 0 saturated carbocycles. The van der Waals surface area contributed by atoms with E-state index in [4.69, 9.17) is 11.6 Å². The summed E-state index contributed by atoms with van der Waals surface area (Å²) >= 11 is 6.03. The molecule has 2 aromatic heterocycles. The summed E-state index contributed by atoms with van der Waals surface area (Å²) in [5, 5.41) is 0.599. The lowest BCUT2D eigenvalue weighted by Gasteiger charge is -2.06. The number of nitrogens with zero attached hydrogens (tertiary/aromatic N) is 2. The van der Waals surface area contributed by atoms with Crippen molar-refractivity contribution >= 4 is 22.5 Å². The Morgan fingerprint density at radius 3 is 2.58 bits per heavy atom. The van der Waals surface area contributed by atoms with Crippen LogP contribution in [-0.4, -0.2) is 14.5 Å². The molecule has 2 heterocycles. The fourth-order valence-corrected chi connectivity index (χ4v) is 2.20. The van der Waals surface area contributed by atoms with Crippen LogP contribution in [0.1, 0.15) is 0 Å². The quantitative estimate of drug-likeness (QED) is 0.734. The van der Waals surface area contributed by atoms with Crippen molar-refractivity contribution < 1.29 is 0 Å². The highest BCUT2D eigenvalue weighted by molar-refractivity contribution is 6.35. The predicted octanol–water partition coefficient (Wildman–Crippen LogP) is 1.73. The normalized spacial score (nSPS) is 10.8. The minimum Gasteiger partial charge on any atom is -0.306 e. The molecular formula is C13H8ClN3O2. The van der Waals surface area contributed by atoms with Crippen LogP contribution in [0.25, 0.3) is 16.6 Å². The molecule has 0 radical (unpaired) electrons. The molecule has 3 rings (SSSR count). The van der Waals surface area contributed by atoms with Gasteiger partial charge in [0.1, 0.15) is 0 Å². The predicted molar refractivity (Wildman–Crippen MR) is 73.0 cm³/mol. The first-order chi connectivity index (χ1) is 9.18. The average molecular weight is 274 g/mol. The molecule has 0 bridgehead atoms. The Morgan fingerprint density at radius 2 is 1.84 bits per heavy atom. The van der Waals surface area contributed by atoms with Crippen LogP contribution in [0.15, 0.2) is 52.3 Å². The summed E-state index contributed by atoms with van der Waals surface area (Å²) in [5.74, 6) is 0. The Morgan fingerprint density at radius 1 is 1.11 bits per heavy atom. The van der Waals surface area contributed by atoms with Crippen molar-refractivity contribution in [2.75, 3.05) is 0 Å². The second kappa shape index (κ2) is 4.37. The standard InChI is InChI=1S/C13H8ClN3O2/c14-9-2-1-3-10-11(9)12(18)17(13(19)16-10)8-4-6-15-7-5-8/h1-7H,(H,16,19). The average Bonchev–Trinajstić information content (AvgIpc) is 2.39. The number of halogens is 1. The maximum atomic E-state index is 12.4. The number of pyridine rings is 1. The van der Waals surface area contributed by atoms with Gasteiger partial charge in [0.25, 0.3) is 5.56 Å². The van der Waals surface area contributed by atoms with Gasteiger partial charge in [-0.05, 0) is 24.3 Å². The monoisotopic (exact) mass is 273 g/mol. The molecule has 3 aromatic rings. The van der Waals surface area contributed by atoms with Gasteiger partial charge in [0, 0.05) is 12.4 Å². The molecule has 5 nitrogen and oxygen atoms in total. The third kappa shape index (κ3) is 1.84. The molecule has 0 aliphatic carbocycles. The number of rotatable bonds is 1. The summed E-state index contributed by atoms with van der Waals surface area (Å²) in [4.78, 5) is 30.9. The Bertz CT molecular complexity index is 868. The van der Waals surface area contributed by atoms with Gasteiger partial charge in [0.05, 0.1) is 21.6 Å². The molecule has 0 amide bonds. The van der Waals surface area contributed by atoms with Crippen molar-refractivity contribution in [2.45, 2.75) is 0 Å². The van der Waals surface area contributed by atoms with Gasteiger partial charge in [-0.2, -0.15) is 0 Å². The van der Waals surface area contributed by atoms with E-state index in [9.17, 15) is 9.59 Å². The highest BCUT2D eigenvalue weighted by atomic mass is 35.5. The third-order valence-electron chi connectivity index (χ3n) is 2.80. The summed E-state index contributed by atoms with van der Waals surface area (Å²) in [6.45, 7) is 0. The van der Waals surface area contributed by atoms with E-state index in [0.717, 1.165) is 4.57 Å². The minimum absolute atomic E-state index is 0.292. The molecule has 0 unspecified atom stereocenters. The molecule has 0 aliphatic heterocycles. The molecule has 6 heteroatoms. The topological polar surface area (TPSA) is 67.8 Å². The maximum absolute atomic E-state index is 12.4. The van der Waals surface area contributed by atoms with Crippen LogP contribution in [0.2, 0.25) is 5.02 Å². The van der Waals surface area contributed by atoms with Gasteiger partial charge in [0.15, 0.2) is 0 Å². The first-order valence-electron chi connectivity index (χ1n) is 5.52. The van der Waals surface area contributed by atoms with E-state index in [1.54, 1.807) is 30.3 Å². The van der Waals surface area contributed by atoms with Crippen molar-refractivity contribution in [3.63, 3.8) is 0 Å². The van der Waals surface area contributed by atoms with Gasteiger partial charge in [-0.3, -0.25) is 9.78 Å². The van der Waals surface area contributed by atoms with Crippen molar-refractivity contribution in [3.05, 3.63) is 68.6 Å². The molecule has 0 aliphatic rings. The van der Waals surface area contributed by atoms with Crippen LogP contribution >= 0.6 is 11.6 Å². The van der Waals surface area contributed by atoms with E-state index in [1.165, 1.54) is 12.4 Å². The number of H-pyrrole nitrogens is 1. The van der Waals surface area contributed by atoms with E-state index in [-0.39, 0.29) is 0 Å². The maximum Gasteiger partial charge on any atom is 0.333 e. The smallest absolute Gasteiger partial charge is 0.306 e. The summed E-state index contributed by atoms with van der Waals surface area (Å²) in [6.07, 6.45) is 3.02. The summed E-state index contributed by atoms with van der Waals surface area (Å²) < 4.78 is 1.04. The van der Waals surface area contributed by atoms with Crippen LogP contribution in [0.3, 0.4) is 0 Å². The molecule has 0 atom stereocenters.